The predicted octanol–water partition coefficient (Wildman–Crippen LogP) is 3.34. The minimum atomic E-state index is -3.50. The first-order valence-corrected chi connectivity index (χ1v) is 10.2. The number of sulfonamides is 1. The summed E-state index contributed by atoms with van der Waals surface area (Å²) >= 11 is 1.52. The van der Waals surface area contributed by atoms with Crippen LogP contribution in [0, 0.1) is 13.8 Å². The van der Waals surface area contributed by atoms with Crippen LogP contribution in [0.1, 0.15) is 16.1 Å². The van der Waals surface area contributed by atoms with Crippen LogP contribution in [0.15, 0.2) is 53.0 Å². The molecule has 1 aromatic carbocycles. The maximum absolute atomic E-state index is 12.4. The largest absolute Gasteiger partial charge is 0.264 e. The number of aromatic nitrogens is 2. The van der Waals surface area contributed by atoms with Gasteiger partial charge in [0.05, 0.1) is 15.6 Å². The normalized spacial score (nSPS) is 11.6. The second-order valence-corrected chi connectivity index (χ2v) is 8.47. The molecule has 0 atom stereocenters. The second kappa shape index (κ2) is 7.43. The molecule has 0 amide bonds. The van der Waals surface area contributed by atoms with Crippen molar-refractivity contribution in [1.82, 2.24) is 14.7 Å². The summed E-state index contributed by atoms with van der Waals surface area (Å²) in [6, 6.07) is 8.97. The van der Waals surface area contributed by atoms with Crippen LogP contribution >= 0.6 is 11.3 Å². The van der Waals surface area contributed by atoms with E-state index in [-0.39, 0.29) is 0 Å². The molecular formula is C18H19N3O2S2. The Bertz CT molecular complexity index is 967. The van der Waals surface area contributed by atoms with Crippen molar-refractivity contribution in [3.8, 4) is 11.3 Å². The molecule has 0 saturated carbocycles. The smallest absolute Gasteiger partial charge is 0.240 e. The van der Waals surface area contributed by atoms with Gasteiger partial charge in [0.25, 0.3) is 0 Å². The molecule has 0 fully saturated rings. The molecule has 3 rings (SSSR count). The van der Waals surface area contributed by atoms with Gasteiger partial charge >= 0.3 is 0 Å². The van der Waals surface area contributed by atoms with Gasteiger partial charge in [-0.25, -0.2) is 18.1 Å². The van der Waals surface area contributed by atoms with E-state index in [0.717, 1.165) is 27.4 Å². The van der Waals surface area contributed by atoms with Crippen molar-refractivity contribution in [3.05, 3.63) is 64.2 Å². The van der Waals surface area contributed by atoms with E-state index in [2.05, 4.69) is 14.7 Å². The van der Waals surface area contributed by atoms with Crippen LogP contribution in [0.2, 0.25) is 0 Å². The number of nitrogens with one attached hydrogen (secondary N) is 1. The summed E-state index contributed by atoms with van der Waals surface area (Å²) in [5.41, 5.74) is 3.86. The first-order valence-electron chi connectivity index (χ1n) is 7.87. The molecule has 0 aliphatic rings. The van der Waals surface area contributed by atoms with Crippen molar-refractivity contribution in [3.63, 3.8) is 0 Å². The maximum atomic E-state index is 12.4. The summed E-state index contributed by atoms with van der Waals surface area (Å²) in [7, 11) is -3.50. The highest BCUT2D eigenvalue weighted by Crippen LogP contribution is 2.21. The van der Waals surface area contributed by atoms with Gasteiger partial charge in [-0.3, -0.25) is 4.98 Å². The van der Waals surface area contributed by atoms with Gasteiger partial charge in [-0.2, -0.15) is 0 Å². The molecule has 0 spiro atoms. The van der Waals surface area contributed by atoms with Crippen molar-refractivity contribution < 1.29 is 8.42 Å². The Labute approximate surface area is 151 Å². The van der Waals surface area contributed by atoms with Crippen LogP contribution < -0.4 is 4.72 Å². The van der Waals surface area contributed by atoms with E-state index in [9.17, 15) is 8.42 Å². The fourth-order valence-electron chi connectivity index (χ4n) is 2.33. The maximum Gasteiger partial charge on any atom is 0.240 e. The molecule has 0 aliphatic heterocycles. The van der Waals surface area contributed by atoms with E-state index in [1.165, 1.54) is 11.3 Å². The number of hydrogen-bond donors (Lipinski definition) is 1. The minimum Gasteiger partial charge on any atom is -0.264 e. The number of aryl methyl sites for hydroxylation is 2. The lowest BCUT2D eigenvalue weighted by atomic mass is 10.1. The standard InChI is InChI=1S/C18H19N3O2S2/c1-13-5-6-16(10-14(13)2)25(22,23)20-9-7-18-21-17(12-24-18)15-4-3-8-19-11-15/h3-6,8,10-12,20H,7,9H2,1-2H3. The quantitative estimate of drug-likeness (QED) is 0.719. The lowest BCUT2D eigenvalue weighted by Crippen LogP contribution is -2.26. The topological polar surface area (TPSA) is 72.0 Å². The van der Waals surface area contributed by atoms with Gasteiger partial charge < -0.3 is 0 Å². The number of nitrogens with zero attached hydrogens (tertiary/aromatic N) is 2. The summed E-state index contributed by atoms with van der Waals surface area (Å²) in [4.78, 5) is 8.92. The van der Waals surface area contributed by atoms with Crippen LogP contribution in [0.25, 0.3) is 11.3 Å². The number of thiazole rings is 1. The molecule has 130 valence electrons. The van der Waals surface area contributed by atoms with Gasteiger partial charge in [0.15, 0.2) is 0 Å². The summed E-state index contributed by atoms with van der Waals surface area (Å²) in [5, 5.41) is 2.85. The third-order valence-corrected chi connectivity index (χ3v) is 6.30. The van der Waals surface area contributed by atoms with E-state index in [1.54, 1.807) is 24.5 Å². The third kappa shape index (κ3) is 4.31. The first kappa shape index (κ1) is 17.7. The van der Waals surface area contributed by atoms with Gasteiger partial charge in [-0.1, -0.05) is 6.07 Å². The van der Waals surface area contributed by atoms with Crippen LogP contribution in [-0.4, -0.2) is 24.9 Å². The monoisotopic (exact) mass is 373 g/mol. The molecule has 0 unspecified atom stereocenters. The van der Waals surface area contributed by atoms with Crippen molar-refractivity contribution in [2.75, 3.05) is 6.54 Å². The van der Waals surface area contributed by atoms with E-state index < -0.39 is 10.0 Å². The van der Waals surface area contributed by atoms with Crippen molar-refractivity contribution in [2.45, 2.75) is 25.2 Å². The van der Waals surface area contributed by atoms with E-state index in [4.69, 9.17) is 0 Å². The summed E-state index contributed by atoms with van der Waals surface area (Å²) in [6.07, 6.45) is 4.04. The Kier molecular flexibility index (Phi) is 5.27. The summed E-state index contributed by atoms with van der Waals surface area (Å²) in [6.45, 7) is 4.18. The van der Waals surface area contributed by atoms with Crippen molar-refractivity contribution in [2.24, 2.45) is 0 Å². The Balaban J connectivity index is 1.63. The van der Waals surface area contributed by atoms with Gasteiger partial charge in [-0.15, -0.1) is 11.3 Å². The highest BCUT2D eigenvalue weighted by molar-refractivity contribution is 7.89. The van der Waals surface area contributed by atoms with Crippen LogP contribution in [0.5, 0.6) is 0 Å². The lowest BCUT2D eigenvalue weighted by molar-refractivity contribution is 0.581. The fourth-order valence-corrected chi connectivity index (χ4v) is 4.25. The van der Waals surface area contributed by atoms with Crippen LogP contribution in [0.3, 0.4) is 0 Å². The fraction of sp³-hybridized carbons (Fsp3) is 0.222. The lowest BCUT2D eigenvalue weighted by Gasteiger charge is -2.08. The molecule has 25 heavy (non-hydrogen) atoms. The van der Waals surface area contributed by atoms with Crippen molar-refractivity contribution >= 4 is 21.4 Å². The third-order valence-electron chi connectivity index (χ3n) is 3.93. The average Bonchev–Trinajstić information content (AvgIpc) is 3.07. The second-order valence-electron chi connectivity index (χ2n) is 5.76. The van der Waals surface area contributed by atoms with Crippen LogP contribution in [-0.2, 0) is 16.4 Å². The zero-order chi connectivity index (χ0) is 17.9. The molecule has 0 radical (unpaired) electrons. The molecule has 7 heteroatoms. The Morgan fingerprint density at radius 1 is 1.16 bits per heavy atom. The molecule has 3 aromatic rings. The van der Waals surface area contributed by atoms with Gasteiger partial charge in [0.1, 0.15) is 0 Å². The number of benzene rings is 1. The molecular weight excluding hydrogens is 354 g/mol. The average molecular weight is 374 g/mol. The summed E-state index contributed by atoms with van der Waals surface area (Å²) < 4.78 is 27.4. The number of pyridine rings is 1. The number of rotatable bonds is 6. The molecule has 0 aliphatic carbocycles. The Hall–Kier alpha value is -2.09. The molecule has 2 heterocycles. The minimum absolute atomic E-state index is 0.297. The summed E-state index contributed by atoms with van der Waals surface area (Å²) in [5.74, 6) is 0. The molecule has 2 aromatic heterocycles. The highest BCUT2D eigenvalue weighted by atomic mass is 32.2. The van der Waals surface area contributed by atoms with Gasteiger partial charge in [-0.05, 0) is 49.2 Å². The first-order chi connectivity index (χ1) is 12.0. The van der Waals surface area contributed by atoms with Gasteiger partial charge in [0.2, 0.25) is 10.0 Å². The number of hydrogen-bond acceptors (Lipinski definition) is 5. The SMILES string of the molecule is Cc1ccc(S(=O)(=O)NCCc2nc(-c3cccnc3)cs2)cc1C. The Morgan fingerprint density at radius 2 is 2.00 bits per heavy atom. The molecule has 0 bridgehead atoms. The van der Waals surface area contributed by atoms with Crippen molar-refractivity contribution in [1.29, 1.82) is 0 Å². The zero-order valence-corrected chi connectivity index (χ0v) is 15.7. The molecule has 1 N–H and O–H groups in total. The highest BCUT2D eigenvalue weighted by Gasteiger charge is 2.14. The predicted molar refractivity (Wildman–Crippen MR) is 100 cm³/mol. The van der Waals surface area contributed by atoms with E-state index in [0.29, 0.717) is 17.9 Å². The Morgan fingerprint density at radius 3 is 2.72 bits per heavy atom. The zero-order valence-electron chi connectivity index (χ0n) is 14.1. The van der Waals surface area contributed by atoms with Gasteiger partial charge in [0, 0.05) is 36.3 Å². The van der Waals surface area contributed by atoms with Crippen LogP contribution in [0.4, 0.5) is 0 Å². The van der Waals surface area contributed by atoms with E-state index >= 15 is 0 Å². The molecule has 0 saturated heterocycles. The molecule has 5 nitrogen and oxygen atoms in total. The van der Waals surface area contributed by atoms with E-state index in [1.807, 2.05) is 37.4 Å².